The number of hydrogen-bond donors (Lipinski definition) is 6. The number of aldehydes is 1. The monoisotopic (exact) mass is 457 g/mol. The van der Waals surface area contributed by atoms with Gasteiger partial charge in [0, 0.05) is 23.6 Å². The van der Waals surface area contributed by atoms with E-state index in [1.54, 1.807) is 0 Å². The van der Waals surface area contributed by atoms with Gasteiger partial charge >= 0.3 is 0 Å². The number of hydrogen-bond acceptors (Lipinski definition) is 5. The molecule has 0 fully saturated rings. The first kappa shape index (κ1) is 25.9. The van der Waals surface area contributed by atoms with Crippen molar-refractivity contribution in [2.24, 2.45) is 28.1 Å². The van der Waals surface area contributed by atoms with E-state index in [4.69, 9.17) is 17.2 Å². The molecule has 10 heteroatoms. The number of rotatable bonds is 13. The number of H-pyrrole nitrogens is 1. The van der Waals surface area contributed by atoms with Gasteiger partial charge in [0.15, 0.2) is 5.96 Å². The molecule has 0 aliphatic rings. The van der Waals surface area contributed by atoms with Crippen molar-refractivity contribution in [1.82, 2.24) is 15.6 Å². The molecule has 1 heterocycles. The van der Waals surface area contributed by atoms with Crippen molar-refractivity contribution in [3.05, 3.63) is 36.0 Å². The molecule has 2 rings (SSSR count). The van der Waals surface area contributed by atoms with Gasteiger partial charge < -0.3 is 37.6 Å². The van der Waals surface area contributed by atoms with Crippen LogP contribution in [0, 0.1) is 5.92 Å². The molecule has 0 bridgehead atoms. The Morgan fingerprint density at radius 3 is 2.55 bits per heavy atom. The fourth-order valence-corrected chi connectivity index (χ4v) is 3.59. The molecule has 1 aromatic heterocycles. The first-order valence-corrected chi connectivity index (χ1v) is 11.1. The summed E-state index contributed by atoms with van der Waals surface area (Å²) in [6.07, 6.45) is 4.16. The molecule has 1 aromatic carbocycles. The molecule has 0 aliphatic heterocycles. The van der Waals surface area contributed by atoms with Crippen LogP contribution < -0.4 is 27.8 Å². The number of guanidine groups is 1. The van der Waals surface area contributed by atoms with Crippen molar-refractivity contribution in [2.45, 2.75) is 57.7 Å². The lowest BCUT2D eigenvalue weighted by Gasteiger charge is -2.23. The molecule has 33 heavy (non-hydrogen) atoms. The van der Waals surface area contributed by atoms with Crippen LogP contribution in [0.15, 0.2) is 35.5 Å². The van der Waals surface area contributed by atoms with Crippen molar-refractivity contribution in [3.63, 3.8) is 0 Å². The molecule has 3 atom stereocenters. The second-order valence-electron chi connectivity index (χ2n) is 8.56. The van der Waals surface area contributed by atoms with E-state index in [-0.39, 0.29) is 11.9 Å². The Kier molecular flexibility index (Phi) is 9.86. The third-order valence-corrected chi connectivity index (χ3v) is 5.25. The lowest BCUT2D eigenvalue weighted by Crippen LogP contribution is -2.54. The molecule has 180 valence electrons. The third kappa shape index (κ3) is 8.23. The Balaban J connectivity index is 1.98. The van der Waals surface area contributed by atoms with Gasteiger partial charge in [0.1, 0.15) is 12.3 Å². The largest absolute Gasteiger partial charge is 0.370 e. The van der Waals surface area contributed by atoms with Crippen molar-refractivity contribution in [1.29, 1.82) is 0 Å². The van der Waals surface area contributed by atoms with Crippen molar-refractivity contribution >= 4 is 35.0 Å². The van der Waals surface area contributed by atoms with E-state index >= 15 is 0 Å². The van der Waals surface area contributed by atoms with E-state index in [0.29, 0.717) is 38.5 Å². The van der Waals surface area contributed by atoms with E-state index in [0.717, 1.165) is 16.5 Å². The number of nitrogens with two attached hydrogens (primary N) is 3. The van der Waals surface area contributed by atoms with Crippen LogP contribution in [0.2, 0.25) is 0 Å². The average molecular weight is 458 g/mol. The minimum atomic E-state index is -0.826. The fraction of sp³-hybridized carbons (Fsp3) is 0.478. The standard InChI is InChI=1S/C23H35N7O3/c1-14(2)10-20(22(33)29-16(13-31)6-5-9-27-23(25)26)30-21(32)18(24)11-15-12-28-19-8-4-3-7-17(15)19/h3-4,7-8,12-14,16,18,20,28H,5-6,9-11,24H2,1-2H3,(H,29,33)(H,30,32)(H4,25,26,27)/t16-,18-,20-/m0/s1. The number of nitrogens with zero attached hydrogens (tertiary/aromatic N) is 1. The summed E-state index contributed by atoms with van der Waals surface area (Å²) in [6.45, 7) is 4.26. The van der Waals surface area contributed by atoms with Gasteiger partial charge in [-0.2, -0.15) is 0 Å². The smallest absolute Gasteiger partial charge is 0.243 e. The van der Waals surface area contributed by atoms with Crippen LogP contribution in [0.1, 0.15) is 38.7 Å². The van der Waals surface area contributed by atoms with Gasteiger partial charge in [-0.25, -0.2) is 0 Å². The zero-order chi connectivity index (χ0) is 24.4. The number of amides is 2. The molecule has 0 spiro atoms. The third-order valence-electron chi connectivity index (χ3n) is 5.25. The van der Waals surface area contributed by atoms with Crippen LogP contribution >= 0.6 is 0 Å². The fourth-order valence-electron chi connectivity index (χ4n) is 3.59. The molecule has 2 amide bonds. The lowest BCUT2D eigenvalue weighted by atomic mass is 10.0. The van der Waals surface area contributed by atoms with Crippen LogP contribution in [0.3, 0.4) is 0 Å². The topological polar surface area (TPSA) is 181 Å². The second-order valence-corrected chi connectivity index (χ2v) is 8.56. The number of aliphatic imine (C=N–C) groups is 1. The lowest BCUT2D eigenvalue weighted by molar-refractivity contribution is -0.131. The second kappa shape index (κ2) is 12.6. The maximum atomic E-state index is 12.8. The number of fused-ring (bicyclic) bond motifs is 1. The SMILES string of the molecule is CC(C)C[C@H](NC(=O)[C@@H](N)Cc1c[nH]c2ccccc12)C(=O)N[C@H](C=O)CCCN=C(N)N. The normalized spacial score (nSPS) is 13.8. The summed E-state index contributed by atoms with van der Waals surface area (Å²) in [5.74, 6) is -0.723. The molecule has 0 unspecified atom stereocenters. The maximum absolute atomic E-state index is 12.8. The molecule has 9 N–H and O–H groups in total. The van der Waals surface area contributed by atoms with Crippen LogP contribution in [0.25, 0.3) is 10.9 Å². The number of para-hydroxylation sites is 1. The Bertz CT molecular complexity index is 966. The van der Waals surface area contributed by atoms with Gasteiger partial charge in [0.25, 0.3) is 0 Å². The number of benzene rings is 1. The molecule has 0 radical (unpaired) electrons. The zero-order valence-electron chi connectivity index (χ0n) is 19.2. The molecular formula is C23H35N7O3. The van der Waals surface area contributed by atoms with Gasteiger partial charge in [-0.15, -0.1) is 0 Å². The van der Waals surface area contributed by atoms with E-state index < -0.39 is 29.9 Å². The van der Waals surface area contributed by atoms with Crippen LogP contribution in [0.5, 0.6) is 0 Å². The Morgan fingerprint density at radius 1 is 1.15 bits per heavy atom. The quantitative estimate of drug-likeness (QED) is 0.109. The Hall–Kier alpha value is -3.40. The molecule has 0 saturated heterocycles. The first-order chi connectivity index (χ1) is 15.7. The van der Waals surface area contributed by atoms with Crippen LogP contribution in [-0.2, 0) is 20.8 Å². The van der Waals surface area contributed by atoms with Crippen molar-refractivity contribution < 1.29 is 14.4 Å². The predicted octanol–water partition coefficient (Wildman–Crippen LogP) is 0.306. The zero-order valence-corrected chi connectivity index (χ0v) is 19.2. The summed E-state index contributed by atoms with van der Waals surface area (Å²) < 4.78 is 0. The van der Waals surface area contributed by atoms with Gasteiger partial charge in [0.05, 0.1) is 12.1 Å². The molecular weight excluding hydrogens is 422 g/mol. The molecule has 2 aromatic rings. The van der Waals surface area contributed by atoms with Crippen LogP contribution in [-0.4, -0.2) is 53.7 Å². The van der Waals surface area contributed by atoms with E-state index in [9.17, 15) is 14.4 Å². The number of carbonyl (C=O) groups is 3. The summed E-state index contributed by atoms with van der Waals surface area (Å²) in [5.41, 5.74) is 18.6. The molecule has 0 aliphatic carbocycles. The van der Waals surface area contributed by atoms with Gasteiger partial charge in [-0.3, -0.25) is 14.6 Å². The summed E-state index contributed by atoms with van der Waals surface area (Å²) in [7, 11) is 0. The highest BCUT2D eigenvalue weighted by Crippen LogP contribution is 2.19. The summed E-state index contributed by atoms with van der Waals surface area (Å²) in [5, 5.41) is 6.47. The van der Waals surface area contributed by atoms with Crippen LogP contribution in [0.4, 0.5) is 0 Å². The van der Waals surface area contributed by atoms with E-state index in [1.807, 2.05) is 44.3 Å². The summed E-state index contributed by atoms with van der Waals surface area (Å²) in [6, 6.07) is 5.45. The Labute approximate surface area is 193 Å². The van der Waals surface area contributed by atoms with Crippen molar-refractivity contribution in [3.8, 4) is 0 Å². The number of aromatic amines is 1. The average Bonchev–Trinajstić information content (AvgIpc) is 3.17. The van der Waals surface area contributed by atoms with E-state index in [2.05, 4.69) is 20.6 Å². The van der Waals surface area contributed by atoms with Gasteiger partial charge in [0.2, 0.25) is 11.8 Å². The maximum Gasteiger partial charge on any atom is 0.243 e. The highest BCUT2D eigenvalue weighted by atomic mass is 16.2. The van der Waals surface area contributed by atoms with Gasteiger partial charge in [-0.1, -0.05) is 32.0 Å². The minimum absolute atomic E-state index is 0.0228. The number of nitrogens with one attached hydrogen (secondary N) is 3. The minimum Gasteiger partial charge on any atom is -0.370 e. The number of aromatic nitrogens is 1. The van der Waals surface area contributed by atoms with Crippen molar-refractivity contribution in [2.75, 3.05) is 6.54 Å². The molecule has 0 saturated carbocycles. The Morgan fingerprint density at radius 2 is 1.88 bits per heavy atom. The highest BCUT2D eigenvalue weighted by molar-refractivity contribution is 5.91. The summed E-state index contributed by atoms with van der Waals surface area (Å²) >= 11 is 0. The summed E-state index contributed by atoms with van der Waals surface area (Å²) in [4.78, 5) is 44.1. The number of carbonyl (C=O) groups excluding carboxylic acids is 3. The first-order valence-electron chi connectivity index (χ1n) is 11.1. The predicted molar refractivity (Wildman–Crippen MR) is 129 cm³/mol. The van der Waals surface area contributed by atoms with E-state index in [1.165, 1.54) is 0 Å². The highest BCUT2D eigenvalue weighted by Gasteiger charge is 2.26. The van der Waals surface area contributed by atoms with Gasteiger partial charge in [-0.05, 0) is 43.2 Å². The molecule has 10 nitrogen and oxygen atoms in total.